The average Bonchev–Trinajstić information content (AvgIpc) is 2.46. The Bertz CT molecular complexity index is 684. The van der Waals surface area contributed by atoms with Crippen LogP contribution in [0.25, 0.3) is 0 Å². The summed E-state index contributed by atoms with van der Waals surface area (Å²) in [6, 6.07) is 3.39. The van der Waals surface area contributed by atoms with E-state index in [2.05, 4.69) is 5.32 Å². The van der Waals surface area contributed by atoms with Gasteiger partial charge in [0.05, 0.1) is 10.7 Å². The van der Waals surface area contributed by atoms with Crippen molar-refractivity contribution in [2.45, 2.75) is 32.2 Å². The van der Waals surface area contributed by atoms with Crippen LogP contribution in [0.15, 0.2) is 30.0 Å². The zero-order valence-electron chi connectivity index (χ0n) is 12.6. The number of hydrogen-bond donors (Lipinski definition) is 1. The van der Waals surface area contributed by atoms with Gasteiger partial charge in [0.25, 0.3) is 12.2 Å². The summed E-state index contributed by atoms with van der Waals surface area (Å²) in [5, 5.41) is 2.58. The fourth-order valence-electron chi connectivity index (χ4n) is 1.90. The maximum atomic E-state index is 13.4. The highest BCUT2D eigenvalue weighted by Gasteiger charge is 2.39. The number of anilines is 1. The number of halogens is 4. The molecule has 2 rings (SSSR count). The molecule has 1 aliphatic heterocycles. The molecule has 9 heteroatoms. The lowest BCUT2D eigenvalue weighted by Gasteiger charge is -2.29. The van der Waals surface area contributed by atoms with Crippen molar-refractivity contribution in [2.75, 3.05) is 5.32 Å². The van der Waals surface area contributed by atoms with Crippen LogP contribution in [0.1, 0.15) is 25.6 Å². The van der Waals surface area contributed by atoms with E-state index in [9.17, 15) is 22.8 Å². The summed E-state index contributed by atoms with van der Waals surface area (Å²) < 4.78 is 48.0. The van der Waals surface area contributed by atoms with Crippen molar-refractivity contribution in [3.8, 4) is 0 Å². The van der Waals surface area contributed by atoms with Crippen LogP contribution >= 0.6 is 11.6 Å². The molecule has 0 amide bonds. The number of alkyl halides is 3. The quantitative estimate of drug-likeness (QED) is 0.501. The second-order valence-corrected chi connectivity index (χ2v) is 5.76. The fourth-order valence-corrected chi connectivity index (χ4v) is 2.07. The molecule has 0 aliphatic carbocycles. The minimum Gasteiger partial charge on any atom is -0.419 e. The van der Waals surface area contributed by atoms with E-state index < -0.39 is 35.9 Å². The van der Waals surface area contributed by atoms with Crippen LogP contribution in [0, 0.1) is 0 Å². The second-order valence-electron chi connectivity index (χ2n) is 5.36. The lowest BCUT2D eigenvalue weighted by Crippen LogP contribution is -2.42. The molecule has 1 aliphatic rings. The van der Waals surface area contributed by atoms with Gasteiger partial charge in [-0.15, -0.1) is 0 Å². The van der Waals surface area contributed by atoms with Gasteiger partial charge < -0.3 is 14.8 Å². The van der Waals surface area contributed by atoms with Crippen molar-refractivity contribution in [1.82, 2.24) is 0 Å². The lowest BCUT2D eigenvalue weighted by molar-refractivity contribution is -0.222. The number of cyclic esters (lactones) is 2. The molecule has 0 spiro atoms. The fraction of sp³-hybridized carbons (Fsp3) is 0.333. The summed E-state index contributed by atoms with van der Waals surface area (Å²) in [6.45, 7) is 2.78. The number of ether oxygens (including phenoxy) is 2. The van der Waals surface area contributed by atoms with E-state index in [1.165, 1.54) is 19.9 Å². The van der Waals surface area contributed by atoms with Gasteiger partial charge in [0.2, 0.25) is 0 Å². The van der Waals surface area contributed by atoms with E-state index in [0.717, 1.165) is 18.3 Å². The molecule has 130 valence electrons. The Morgan fingerprint density at radius 1 is 1.17 bits per heavy atom. The maximum absolute atomic E-state index is 13.4. The van der Waals surface area contributed by atoms with Crippen molar-refractivity contribution in [3.63, 3.8) is 0 Å². The smallest absolute Gasteiger partial charge is 0.350 e. The third-order valence-electron chi connectivity index (χ3n) is 3.02. The van der Waals surface area contributed by atoms with Crippen molar-refractivity contribution in [1.29, 1.82) is 0 Å². The van der Waals surface area contributed by atoms with Gasteiger partial charge in [-0.3, -0.25) is 0 Å². The molecule has 1 atom stereocenters. The van der Waals surface area contributed by atoms with Gasteiger partial charge in [-0.25, -0.2) is 22.8 Å². The van der Waals surface area contributed by atoms with Crippen LogP contribution in [0.5, 0.6) is 0 Å². The Labute approximate surface area is 140 Å². The number of rotatable bonds is 4. The molecule has 0 aromatic heterocycles. The minimum atomic E-state index is -3.19. The molecule has 1 N–H and O–H groups in total. The van der Waals surface area contributed by atoms with Crippen LogP contribution in [0.2, 0.25) is 5.02 Å². The zero-order valence-corrected chi connectivity index (χ0v) is 13.4. The number of carbonyl (C=O) groups is 2. The van der Waals surface area contributed by atoms with Crippen LogP contribution in [0.4, 0.5) is 18.9 Å². The van der Waals surface area contributed by atoms with Gasteiger partial charge in [-0.1, -0.05) is 17.7 Å². The Morgan fingerprint density at radius 3 is 2.29 bits per heavy atom. The van der Waals surface area contributed by atoms with Gasteiger partial charge in [0.15, 0.2) is 11.7 Å². The molecule has 1 saturated heterocycles. The minimum absolute atomic E-state index is 0.0374. The second kappa shape index (κ2) is 6.72. The van der Waals surface area contributed by atoms with Crippen molar-refractivity contribution < 1.29 is 32.2 Å². The zero-order chi connectivity index (χ0) is 18.1. The number of carbonyl (C=O) groups excluding carboxylic acids is 2. The van der Waals surface area contributed by atoms with Crippen molar-refractivity contribution >= 4 is 29.2 Å². The molecule has 1 aromatic carbocycles. The van der Waals surface area contributed by atoms with Crippen molar-refractivity contribution in [2.24, 2.45) is 0 Å². The summed E-state index contributed by atoms with van der Waals surface area (Å²) in [5.74, 6) is -3.24. The van der Waals surface area contributed by atoms with E-state index in [0.29, 0.717) is 0 Å². The van der Waals surface area contributed by atoms with E-state index in [4.69, 9.17) is 21.1 Å². The van der Waals surface area contributed by atoms with Gasteiger partial charge in [0.1, 0.15) is 0 Å². The van der Waals surface area contributed by atoms with E-state index in [-0.39, 0.29) is 16.3 Å². The Balaban J connectivity index is 2.24. The summed E-state index contributed by atoms with van der Waals surface area (Å²) in [6.07, 6.45) is -4.72. The first-order valence-electron chi connectivity index (χ1n) is 6.76. The highest BCUT2D eigenvalue weighted by molar-refractivity contribution is 6.33. The highest BCUT2D eigenvalue weighted by atomic mass is 35.5. The summed E-state index contributed by atoms with van der Waals surface area (Å²) in [7, 11) is 0. The highest BCUT2D eigenvalue weighted by Crippen LogP contribution is 2.31. The van der Waals surface area contributed by atoms with Crippen LogP contribution in [-0.4, -0.2) is 24.2 Å². The molecular weight excluding hydrogens is 351 g/mol. The molecule has 0 bridgehead atoms. The first kappa shape index (κ1) is 18.1. The summed E-state index contributed by atoms with van der Waals surface area (Å²) in [4.78, 5) is 23.5. The Hall–Kier alpha value is -2.22. The Kier molecular flexibility index (Phi) is 5.08. The van der Waals surface area contributed by atoms with E-state index >= 15 is 0 Å². The number of hydrogen-bond acceptors (Lipinski definition) is 5. The third kappa shape index (κ3) is 4.00. The molecule has 1 heterocycles. The first-order valence-corrected chi connectivity index (χ1v) is 7.13. The summed E-state index contributed by atoms with van der Waals surface area (Å²) >= 11 is 5.88. The molecular formula is C15H13ClF3NO4. The molecule has 0 radical (unpaired) electrons. The van der Waals surface area contributed by atoms with Gasteiger partial charge in [0, 0.05) is 20.0 Å². The number of benzene rings is 1. The topological polar surface area (TPSA) is 64.6 Å². The molecule has 1 aromatic rings. The maximum Gasteiger partial charge on any atom is 0.350 e. The predicted molar refractivity (Wildman–Crippen MR) is 79.3 cm³/mol. The summed E-state index contributed by atoms with van der Waals surface area (Å²) in [5.41, 5.74) is -0.706. The molecule has 5 nitrogen and oxygen atoms in total. The van der Waals surface area contributed by atoms with E-state index in [1.54, 1.807) is 0 Å². The largest absolute Gasteiger partial charge is 0.419 e. The van der Waals surface area contributed by atoms with Gasteiger partial charge >= 0.3 is 11.9 Å². The van der Waals surface area contributed by atoms with Crippen LogP contribution in [-0.2, 0) is 19.1 Å². The number of nitrogens with one attached hydrogen (secondary N) is 1. The Morgan fingerprint density at radius 2 is 1.75 bits per heavy atom. The monoisotopic (exact) mass is 363 g/mol. The van der Waals surface area contributed by atoms with Gasteiger partial charge in [-0.2, -0.15) is 0 Å². The molecule has 1 unspecified atom stereocenters. The molecule has 0 saturated carbocycles. The lowest BCUT2D eigenvalue weighted by atomic mass is 10.1. The predicted octanol–water partition coefficient (Wildman–Crippen LogP) is 3.75. The number of esters is 2. The third-order valence-corrected chi connectivity index (χ3v) is 3.35. The standard InChI is InChI=1S/C15H13ClF3NO4/c1-15(2)23-13(21)8(14(22)24-15)6-20-10-5-7(3-4-9(10)16)11(17)12(18)19/h3-6,11-12,20H,1-2H3. The SMILES string of the molecule is CC1(C)OC(=O)C(=CNc2cc(C(F)C(F)F)ccc2Cl)C(=O)O1. The molecule has 24 heavy (non-hydrogen) atoms. The molecule has 1 fully saturated rings. The first-order chi connectivity index (χ1) is 11.1. The van der Waals surface area contributed by atoms with Crippen LogP contribution < -0.4 is 5.32 Å². The van der Waals surface area contributed by atoms with Crippen LogP contribution in [0.3, 0.4) is 0 Å². The normalized spacial score (nSPS) is 18.0. The van der Waals surface area contributed by atoms with Gasteiger partial charge in [-0.05, 0) is 17.7 Å². The van der Waals surface area contributed by atoms with Crippen molar-refractivity contribution in [3.05, 3.63) is 40.6 Å². The average molecular weight is 364 g/mol. The van der Waals surface area contributed by atoms with E-state index in [1.807, 2.05) is 0 Å².